The minimum Gasteiger partial charge on any atom is -0.316 e. The Balaban J connectivity index is 1.84. The molecule has 1 aromatic rings. The molecule has 1 aromatic carbocycles. The van der Waals surface area contributed by atoms with Crippen LogP contribution in [0.2, 0.25) is 0 Å². The summed E-state index contributed by atoms with van der Waals surface area (Å²) in [6.45, 7) is 8.35. The predicted octanol–water partition coefficient (Wildman–Crippen LogP) is 2.02. The number of hydrogen-bond donors (Lipinski definition) is 1. The van der Waals surface area contributed by atoms with E-state index in [2.05, 4.69) is 24.1 Å². The van der Waals surface area contributed by atoms with Gasteiger partial charge in [-0.2, -0.15) is 0 Å². The minimum atomic E-state index is -0.277. The largest absolute Gasteiger partial charge is 0.316 e. The van der Waals surface area contributed by atoms with E-state index in [4.69, 9.17) is 0 Å². The first kappa shape index (κ1) is 13.5. The highest BCUT2D eigenvalue weighted by atomic mass is 16.6. The number of fused-ring (bicyclic) bond motifs is 1. The SMILES string of the molecule is CC1(C)C2CNCC2CN1Cc1ccccc1[N+](=O)[O-]. The average molecular weight is 275 g/mol. The number of benzene rings is 1. The van der Waals surface area contributed by atoms with Crippen LogP contribution >= 0.6 is 0 Å². The Bertz CT molecular complexity index is 530. The summed E-state index contributed by atoms with van der Waals surface area (Å²) < 4.78 is 0. The summed E-state index contributed by atoms with van der Waals surface area (Å²) in [7, 11) is 0. The van der Waals surface area contributed by atoms with Gasteiger partial charge in [-0.3, -0.25) is 15.0 Å². The maximum Gasteiger partial charge on any atom is 0.273 e. The quantitative estimate of drug-likeness (QED) is 0.677. The van der Waals surface area contributed by atoms with Crippen LogP contribution in [0.4, 0.5) is 5.69 Å². The molecule has 0 bridgehead atoms. The topological polar surface area (TPSA) is 58.4 Å². The van der Waals surface area contributed by atoms with Gasteiger partial charge in [-0.1, -0.05) is 18.2 Å². The fourth-order valence-corrected chi connectivity index (χ4v) is 3.80. The first-order valence-electron chi connectivity index (χ1n) is 7.18. The number of hydrogen-bond acceptors (Lipinski definition) is 4. The Labute approximate surface area is 119 Å². The van der Waals surface area contributed by atoms with Gasteiger partial charge >= 0.3 is 0 Å². The van der Waals surface area contributed by atoms with Crippen LogP contribution in [0.25, 0.3) is 0 Å². The molecule has 20 heavy (non-hydrogen) atoms. The minimum absolute atomic E-state index is 0.0951. The third-order valence-corrected chi connectivity index (χ3v) is 5.07. The lowest BCUT2D eigenvalue weighted by molar-refractivity contribution is -0.385. The van der Waals surface area contributed by atoms with Gasteiger partial charge in [-0.25, -0.2) is 0 Å². The van der Waals surface area contributed by atoms with E-state index in [0.717, 1.165) is 25.2 Å². The molecular formula is C15H21N3O2. The number of likely N-dealkylation sites (tertiary alicyclic amines) is 1. The summed E-state index contributed by atoms with van der Waals surface area (Å²) in [5.74, 6) is 1.32. The third-order valence-electron chi connectivity index (χ3n) is 5.07. The van der Waals surface area contributed by atoms with E-state index in [1.165, 1.54) is 0 Å². The van der Waals surface area contributed by atoms with Gasteiger partial charge in [0.1, 0.15) is 0 Å². The molecule has 1 N–H and O–H groups in total. The van der Waals surface area contributed by atoms with Gasteiger partial charge in [0, 0.05) is 36.8 Å². The molecule has 2 heterocycles. The summed E-state index contributed by atoms with van der Waals surface area (Å²) in [6.07, 6.45) is 0. The second-order valence-corrected chi connectivity index (χ2v) is 6.44. The van der Waals surface area contributed by atoms with Gasteiger partial charge in [-0.15, -0.1) is 0 Å². The Morgan fingerprint density at radius 3 is 2.85 bits per heavy atom. The molecular weight excluding hydrogens is 254 g/mol. The highest BCUT2D eigenvalue weighted by molar-refractivity contribution is 5.39. The number of nitro groups is 1. The lowest BCUT2D eigenvalue weighted by Crippen LogP contribution is -2.44. The summed E-state index contributed by atoms with van der Waals surface area (Å²) in [5, 5.41) is 14.6. The number of rotatable bonds is 3. The van der Waals surface area contributed by atoms with Crippen LogP contribution in [0.1, 0.15) is 19.4 Å². The van der Waals surface area contributed by atoms with Gasteiger partial charge in [-0.05, 0) is 32.2 Å². The second-order valence-electron chi connectivity index (χ2n) is 6.44. The van der Waals surface area contributed by atoms with Crippen molar-refractivity contribution in [1.29, 1.82) is 0 Å². The molecule has 2 fully saturated rings. The van der Waals surface area contributed by atoms with Gasteiger partial charge in [0.05, 0.1) is 4.92 Å². The van der Waals surface area contributed by atoms with E-state index < -0.39 is 0 Å². The zero-order valence-electron chi connectivity index (χ0n) is 12.0. The molecule has 0 saturated carbocycles. The molecule has 0 aromatic heterocycles. The van der Waals surface area contributed by atoms with Crippen molar-refractivity contribution in [1.82, 2.24) is 10.2 Å². The van der Waals surface area contributed by atoms with Crippen LogP contribution in [0.3, 0.4) is 0 Å². The van der Waals surface area contributed by atoms with E-state index >= 15 is 0 Å². The Morgan fingerprint density at radius 1 is 1.40 bits per heavy atom. The molecule has 0 radical (unpaired) electrons. The summed E-state index contributed by atoms with van der Waals surface area (Å²) in [6, 6.07) is 7.09. The van der Waals surface area contributed by atoms with E-state index in [1.807, 2.05) is 12.1 Å². The Hall–Kier alpha value is -1.46. The highest BCUT2D eigenvalue weighted by Gasteiger charge is 2.49. The first-order valence-corrected chi connectivity index (χ1v) is 7.18. The smallest absolute Gasteiger partial charge is 0.273 e. The van der Waals surface area contributed by atoms with Crippen molar-refractivity contribution in [3.8, 4) is 0 Å². The molecule has 2 aliphatic heterocycles. The van der Waals surface area contributed by atoms with E-state index in [1.54, 1.807) is 12.1 Å². The zero-order valence-corrected chi connectivity index (χ0v) is 12.0. The fraction of sp³-hybridized carbons (Fsp3) is 0.600. The van der Waals surface area contributed by atoms with Crippen molar-refractivity contribution in [3.05, 3.63) is 39.9 Å². The summed E-state index contributed by atoms with van der Waals surface area (Å²) >= 11 is 0. The molecule has 5 nitrogen and oxygen atoms in total. The standard InChI is InChI=1S/C15H21N3O2/c1-15(2)13-8-16-7-12(13)10-17(15)9-11-5-3-4-6-14(11)18(19)20/h3-6,12-13,16H,7-10H2,1-2H3. The van der Waals surface area contributed by atoms with Gasteiger partial charge in [0.15, 0.2) is 0 Å². The van der Waals surface area contributed by atoms with Gasteiger partial charge in [0.2, 0.25) is 0 Å². The van der Waals surface area contributed by atoms with Crippen LogP contribution in [0.15, 0.2) is 24.3 Å². The number of para-hydroxylation sites is 1. The van der Waals surface area contributed by atoms with Crippen LogP contribution in [-0.2, 0) is 6.54 Å². The maximum atomic E-state index is 11.1. The first-order chi connectivity index (χ1) is 9.50. The predicted molar refractivity (Wildman–Crippen MR) is 77.4 cm³/mol. The summed E-state index contributed by atoms with van der Waals surface area (Å²) in [5.41, 5.74) is 1.15. The maximum absolute atomic E-state index is 11.1. The molecule has 3 rings (SSSR count). The second kappa shape index (κ2) is 4.82. The lowest BCUT2D eigenvalue weighted by Gasteiger charge is -2.35. The van der Waals surface area contributed by atoms with E-state index in [-0.39, 0.29) is 16.1 Å². The van der Waals surface area contributed by atoms with Crippen molar-refractivity contribution >= 4 is 5.69 Å². The molecule has 0 amide bonds. The number of nitrogens with zero attached hydrogens (tertiary/aromatic N) is 2. The van der Waals surface area contributed by atoms with E-state index in [9.17, 15) is 10.1 Å². The molecule has 5 heteroatoms. The van der Waals surface area contributed by atoms with Crippen LogP contribution in [0, 0.1) is 22.0 Å². The van der Waals surface area contributed by atoms with Gasteiger partial charge < -0.3 is 5.32 Å². The van der Waals surface area contributed by atoms with Crippen molar-refractivity contribution < 1.29 is 4.92 Å². The normalized spacial score (nSPS) is 28.5. The Morgan fingerprint density at radius 2 is 2.15 bits per heavy atom. The van der Waals surface area contributed by atoms with Crippen molar-refractivity contribution in [2.75, 3.05) is 19.6 Å². The lowest BCUT2D eigenvalue weighted by atomic mass is 9.85. The number of nitrogens with one attached hydrogen (secondary N) is 1. The van der Waals surface area contributed by atoms with Crippen LogP contribution in [-0.4, -0.2) is 35.0 Å². The average Bonchev–Trinajstić information content (AvgIpc) is 2.94. The molecule has 2 atom stereocenters. The Kier molecular flexibility index (Phi) is 3.26. The summed E-state index contributed by atoms with van der Waals surface area (Å²) in [4.78, 5) is 13.3. The fourth-order valence-electron chi connectivity index (χ4n) is 3.80. The van der Waals surface area contributed by atoms with Crippen LogP contribution < -0.4 is 5.32 Å². The van der Waals surface area contributed by atoms with Crippen molar-refractivity contribution in [2.24, 2.45) is 11.8 Å². The monoisotopic (exact) mass is 275 g/mol. The number of nitro benzene ring substituents is 1. The van der Waals surface area contributed by atoms with Crippen LogP contribution in [0.5, 0.6) is 0 Å². The van der Waals surface area contributed by atoms with Crippen molar-refractivity contribution in [2.45, 2.75) is 25.9 Å². The van der Waals surface area contributed by atoms with Crippen molar-refractivity contribution in [3.63, 3.8) is 0 Å². The molecule has 0 spiro atoms. The van der Waals surface area contributed by atoms with Gasteiger partial charge in [0.25, 0.3) is 5.69 Å². The molecule has 2 saturated heterocycles. The molecule has 2 aliphatic rings. The third kappa shape index (κ3) is 2.11. The van der Waals surface area contributed by atoms with E-state index in [0.29, 0.717) is 18.4 Å². The molecule has 108 valence electrons. The molecule has 2 unspecified atom stereocenters. The zero-order chi connectivity index (χ0) is 14.3. The molecule has 0 aliphatic carbocycles. The highest BCUT2D eigenvalue weighted by Crippen LogP contribution is 2.41.